The largest absolute Gasteiger partial charge is 0.241 e. The number of hydrogen-bond acceptors (Lipinski definition) is 2. The van der Waals surface area contributed by atoms with E-state index in [2.05, 4.69) is 4.72 Å². The zero-order chi connectivity index (χ0) is 18.1. The lowest BCUT2D eigenvalue weighted by molar-refractivity contribution is 0.567. The zero-order valence-electron chi connectivity index (χ0n) is 14.4. The summed E-state index contributed by atoms with van der Waals surface area (Å²) in [4.78, 5) is 0.281. The van der Waals surface area contributed by atoms with Crippen LogP contribution in [0.2, 0.25) is 0 Å². The van der Waals surface area contributed by atoms with Crippen molar-refractivity contribution >= 4 is 31.6 Å². The maximum atomic E-state index is 12.8. The van der Waals surface area contributed by atoms with Crippen LogP contribution in [0, 0.1) is 0 Å². The van der Waals surface area contributed by atoms with E-state index < -0.39 is 10.0 Å². The van der Waals surface area contributed by atoms with E-state index in [1.165, 1.54) is 0 Å². The van der Waals surface area contributed by atoms with Crippen LogP contribution in [0.5, 0.6) is 0 Å². The molecule has 1 unspecified atom stereocenters. The molecule has 4 aromatic rings. The normalized spacial score (nSPS) is 13.1. The Bertz CT molecular complexity index is 1200. The first kappa shape index (κ1) is 16.8. The van der Waals surface area contributed by atoms with Crippen LogP contribution in [0.15, 0.2) is 89.8 Å². The van der Waals surface area contributed by atoms with E-state index in [9.17, 15) is 8.42 Å². The number of nitrogens with one attached hydrogen (secondary N) is 1. The van der Waals surface area contributed by atoms with E-state index >= 15 is 0 Å². The quantitative estimate of drug-likeness (QED) is 0.554. The zero-order valence-corrected chi connectivity index (χ0v) is 15.2. The number of fused-ring (bicyclic) bond motifs is 2. The second-order valence-electron chi connectivity index (χ2n) is 6.46. The van der Waals surface area contributed by atoms with Crippen LogP contribution in [-0.4, -0.2) is 8.42 Å². The average molecular weight is 361 g/mol. The lowest BCUT2D eigenvalue weighted by atomic mass is 10.0. The summed E-state index contributed by atoms with van der Waals surface area (Å²) in [5, 5.41) is 4.17. The molecule has 0 aromatic heterocycles. The molecule has 0 saturated heterocycles. The van der Waals surface area contributed by atoms with Crippen LogP contribution in [0.25, 0.3) is 21.5 Å². The fraction of sp³-hybridized carbons (Fsp3) is 0.0909. The van der Waals surface area contributed by atoms with Gasteiger partial charge in [-0.25, -0.2) is 13.1 Å². The van der Waals surface area contributed by atoms with Gasteiger partial charge in [-0.3, -0.25) is 0 Å². The van der Waals surface area contributed by atoms with Gasteiger partial charge in [-0.1, -0.05) is 66.7 Å². The molecule has 26 heavy (non-hydrogen) atoms. The summed E-state index contributed by atoms with van der Waals surface area (Å²) in [5.41, 5.74) is 0.938. The Morgan fingerprint density at radius 3 is 1.88 bits per heavy atom. The van der Waals surface area contributed by atoms with E-state index in [1.54, 1.807) is 12.1 Å². The van der Waals surface area contributed by atoms with E-state index in [0.29, 0.717) is 0 Å². The van der Waals surface area contributed by atoms with Crippen molar-refractivity contribution in [1.82, 2.24) is 4.72 Å². The molecule has 0 aliphatic rings. The SMILES string of the molecule is CC(NS(=O)(=O)c1ccc2ccccc2c1)c1ccc2ccccc2c1. The predicted molar refractivity (Wildman–Crippen MR) is 107 cm³/mol. The van der Waals surface area contributed by atoms with Crippen molar-refractivity contribution < 1.29 is 8.42 Å². The summed E-state index contributed by atoms with van der Waals surface area (Å²) in [7, 11) is -3.60. The highest BCUT2D eigenvalue weighted by molar-refractivity contribution is 7.89. The molecule has 0 fully saturated rings. The second kappa shape index (κ2) is 6.56. The summed E-state index contributed by atoms with van der Waals surface area (Å²) < 4.78 is 28.4. The molecular formula is C22H19NO2S. The molecule has 1 atom stereocenters. The number of benzene rings is 4. The third-order valence-corrected chi connectivity index (χ3v) is 6.18. The molecular weight excluding hydrogens is 342 g/mol. The highest BCUT2D eigenvalue weighted by Gasteiger charge is 2.19. The molecule has 0 spiro atoms. The van der Waals surface area contributed by atoms with Gasteiger partial charge in [0, 0.05) is 6.04 Å². The molecule has 1 N–H and O–H groups in total. The molecule has 0 aliphatic heterocycles. The molecule has 130 valence electrons. The van der Waals surface area contributed by atoms with Crippen LogP contribution in [-0.2, 0) is 10.0 Å². The van der Waals surface area contributed by atoms with E-state index in [1.807, 2.05) is 79.7 Å². The van der Waals surface area contributed by atoms with E-state index in [4.69, 9.17) is 0 Å². The average Bonchev–Trinajstić information content (AvgIpc) is 2.67. The van der Waals surface area contributed by atoms with Gasteiger partial charge in [-0.05, 0) is 52.2 Å². The van der Waals surface area contributed by atoms with Crippen LogP contribution in [0.4, 0.5) is 0 Å². The van der Waals surface area contributed by atoms with Gasteiger partial charge in [-0.15, -0.1) is 0 Å². The van der Waals surface area contributed by atoms with Gasteiger partial charge >= 0.3 is 0 Å². The van der Waals surface area contributed by atoms with Crippen LogP contribution < -0.4 is 4.72 Å². The standard InChI is InChI=1S/C22H19NO2S/c1-16(19-11-10-17-6-2-4-8-20(17)14-19)23-26(24,25)22-13-12-18-7-3-5-9-21(18)15-22/h2-16,23H,1H3. The number of hydrogen-bond donors (Lipinski definition) is 1. The highest BCUT2D eigenvalue weighted by atomic mass is 32.2. The van der Waals surface area contributed by atoms with Crippen molar-refractivity contribution in [3.63, 3.8) is 0 Å². The maximum Gasteiger partial charge on any atom is 0.241 e. The Labute approximate surface area is 153 Å². The lowest BCUT2D eigenvalue weighted by Crippen LogP contribution is -2.26. The Kier molecular flexibility index (Phi) is 4.23. The van der Waals surface area contributed by atoms with Crippen molar-refractivity contribution in [1.29, 1.82) is 0 Å². The smallest absolute Gasteiger partial charge is 0.207 e. The van der Waals surface area contributed by atoms with Crippen LogP contribution in [0.1, 0.15) is 18.5 Å². The molecule has 0 aliphatic carbocycles. The molecule has 0 amide bonds. The van der Waals surface area contributed by atoms with Gasteiger partial charge in [0.2, 0.25) is 10.0 Å². The summed E-state index contributed by atoms with van der Waals surface area (Å²) in [6, 6.07) is 26.7. The topological polar surface area (TPSA) is 46.2 Å². The number of sulfonamides is 1. The summed E-state index contributed by atoms with van der Waals surface area (Å²) >= 11 is 0. The molecule has 0 heterocycles. The Balaban J connectivity index is 1.64. The lowest BCUT2D eigenvalue weighted by Gasteiger charge is -2.16. The summed E-state index contributed by atoms with van der Waals surface area (Å²) in [6.07, 6.45) is 0. The van der Waals surface area contributed by atoms with Crippen molar-refractivity contribution in [3.8, 4) is 0 Å². The predicted octanol–water partition coefficient (Wildman–Crippen LogP) is 5.03. The summed E-state index contributed by atoms with van der Waals surface area (Å²) in [5.74, 6) is 0. The fourth-order valence-electron chi connectivity index (χ4n) is 3.18. The molecule has 3 nitrogen and oxygen atoms in total. The van der Waals surface area contributed by atoms with Gasteiger partial charge in [0.15, 0.2) is 0 Å². The molecule has 0 saturated carbocycles. The minimum Gasteiger partial charge on any atom is -0.207 e. The van der Waals surface area contributed by atoms with Crippen molar-refractivity contribution in [3.05, 3.63) is 90.5 Å². The van der Waals surface area contributed by atoms with Gasteiger partial charge in [0.1, 0.15) is 0 Å². The first-order chi connectivity index (χ1) is 12.5. The Morgan fingerprint density at radius 1 is 0.692 bits per heavy atom. The van der Waals surface area contributed by atoms with Gasteiger partial charge in [0.25, 0.3) is 0 Å². The molecule has 0 bridgehead atoms. The minimum atomic E-state index is -3.60. The van der Waals surface area contributed by atoms with Crippen molar-refractivity contribution in [2.24, 2.45) is 0 Å². The molecule has 0 radical (unpaired) electrons. The third kappa shape index (κ3) is 3.21. The highest BCUT2D eigenvalue weighted by Crippen LogP contribution is 2.23. The van der Waals surface area contributed by atoms with Gasteiger partial charge in [-0.2, -0.15) is 0 Å². The molecule has 4 heteroatoms. The molecule has 4 aromatic carbocycles. The third-order valence-electron chi connectivity index (χ3n) is 4.64. The first-order valence-corrected chi connectivity index (χ1v) is 10.0. The molecule has 4 rings (SSSR count). The second-order valence-corrected chi connectivity index (χ2v) is 8.17. The first-order valence-electron chi connectivity index (χ1n) is 8.53. The Morgan fingerprint density at radius 2 is 1.23 bits per heavy atom. The van der Waals surface area contributed by atoms with Crippen molar-refractivity contribution in [2.75, 3.05) is 0 Å². The Hall–Kier alpha value is -2.69. The minimum absolute atomic E-state index is 0.281. The van der Waals surface area contributed by atoms with E-state index in [0.717, 1.165) is 27.1 Å². The van der Waals surface area contributed by atoms with Crippen molar-refractivity contribution in [2.45, 2.75) is 17.9 Å². The van der Waals surface area contributed by atoms with E-state index in [-0.39, 0.29) is 10.9 Å². The summed E-state index contributed by atoms with van der Waals surface area (Å²) in [6.45, 7) is 1.86. The monoisotopic (exact) mass is 361 g/mol. The maximum absolute atomic E-state index is 12.8. The van der Waals surface area contributed by atoms with Crippen LogP contribution in [0.3, 0.4) is 0 Å². The van der Waals surface area contributed by atoms with Crippen LogP contribution >= 0.6 is 0 Å². The van der Waals surface area contributed by atoms with Gasteiger partial charge < -0.3 is 0 Å². The fourth-order valence-corrected chi connectivity index (χ4v) is 4.45. The number of rotatable bonds is 4. The van der Waals surface area contributed by atoms with Gasteiger partial charge in [0.05, 0.1) is 4.90 Å².